The van der Waals surface area contributed by atoms with Gasteiger partial charge in [-0.05, 0) is 18.1 Å². The molecule has 2 nitrogen and oxygen atoms in total. The van der Waals surface area contributed by atoms with E-state index in [-0.39, 0.29) is 0 Å². The summed E-state index contributed by atoms with van der Waals surface area (Å²) in [7, 11) is 0. The number of nitrogens with one attached hydrogen (secondary N) is 1. The van der Waals surface area contributed by atoms with Gasteiger partial charge in [-0.3, -0.25) is 0 Å². The standard InChI is InChI=1S/C14H12N2S/c1-2-11-8-12(10-6-4-3-5-7-10)13(9-15)14(17)16-11/h3-8H,2H2,1H3,(H,16,17). The molecule has 0 unspecified atom stereocenters. The van der Waals surface area contributed by atoms with Crippen LogP contribution in [0.25, 0.3) is 11.1 Å². The van der Waals surface area contributed by atoms with E-state index in [9.17, 15) is 5.26 Å². The molecule has 0 spiro atoms. The largest absolute Gasteiger partial charge is 0.349 e. The van der Waals surface area contributed by atoms with Crippen LogP contribution in [-0.2, 0) is 6.42 Å². The molecule has 1 aromatic carbocycles. The Balaban J connectivity index is 2.72. The number of aromatic amines is 1. The van der Waals surface area contributed by atoms with Gasteiger partial charge in [0.1, 0.15) is 10.7 Å². The van der Waals surface area contributed by atoms with Crippen molar-refractivity contribution in [3.63, 3.8) is 0 Å². The Morgan fingerprint density at radius 2 is 2.00 bits per heavy atom. The van der Waals surface area contributed by atoms with Crippen molar-refractivity contribution in [2.45, 2.75) is 13.3 Å². The number of hydrogen-bond acceptors (Lipinski definition) is 2. The number of nitrogens with zero attached hydrogens (tertiary/aromatic N) is 1. The van der Waals surface area contributed by atoms with Crippen LogP contribution in [0, 0.1) is 16.0 Å². The quantitative estimate of drug-likeness (QED) is 0.810. The molecule has 0 atom stereocenters. The minimum atomic E-state index is 0.519. The predicted molar refractivity (Wildman–Crippen MR) is 71.2 cm³/mol. The molecular weight excluding hydrogens is 228 g/mol. The Bertz CT molecular complexity index is 621. The van der Waals surface area contributed by atoms with E-state index < -0.39 is 0 Å². The summed E-state index contributed by atoms with van der Waals surface area (Å²) in [6.45, 7) is 2.06. The molecule has 2 rings (SSSR count). The second kappa shape index (κ2) is 4.94. The molecule has 0 radical (unpaired) electrons. The molecule has 0 amide bonds. The average Bonchev–Trinajstić information content (AvgIpc) is 2.38. The highest BCUT2D eigenvalue weighted by Gasteiger charge is 2.08. The average molecular weight is 240 g/mol. The van der Waals surface area contributed by atoms with Crippen LogP contribution < -0.4 is 0 Å². The highest BCUT2D eigenvalue weighted by molar-refractivity contribution is 7.71. The van der Waals surface area contributed by atoms with Crippen LogP contribution in [0.3, 0.4) is 0 Å². The van der Waals surface area contributed by atoms with Gasteiger partial charge in [-0.15, -0.1) is 0 Å². The highest BCUT2D eigenvalue weighted by atomic mass is 32.1. The Labute approximate surface area is 106 Å². The fourth-order valence-corrected chi connectivity index (χ4v) is 2.05. The molecule has 0 saturated heterocycles. The summed E-state index contributed by atoms with van der Waals surface area (Å²) in [5.41, 5.74) is 3.53. The van der Waals surface area contributed by atoms with Gasteiger partial charge in [0, 0.05) is 11.3 Å². The molecule has 0 aliphatic heterocycles. The fraction of sp³-hybridized carbons (Fsp3) is 0.143. The molecule has 1 aromatic heterocycles. The van der Waals surface area contributed by atoms with E-state index in [2.05, 4.69) is 18.0 Å². The number of pyridine rings is 1. The Kier molecular flexibility index (Phi) is 3.36. The molecule has 3 heteroatoms. The minimum Gasteiger partial charge on any atom is -0.349 e. The van der Waals surface area contributed by atoms with E-state index >= 15 is 0 Å². The van der Waals surface area contributed by atoms with Gasteiger partial charge in [-0.1, -0.05) is 49.5 Å². The molecule has 17 heavy (non-hydrogen) atoms. The van der Waals surface area contributed by atoms with Crippen molar-refractivity contribution >= 4 is 12.2 Å². The van der Waals surface area contributed by atoms with Crippen LogP contribution in [0.4, 0.5) is 0 Å². The third-order valence-corrected chi connectivity index (χ3v) is 2.97. The second-order valence-electron chi connectivity index (χ2n) is 3.74. The van der Waals surface area contributed by atoms with Crippen molar-refractivity contribution in [3.8, 4) is 17.2 Å². The van der Waals surface area contributed by atoms with E-state index in [1.54, 1.807) is 0 Å². The van der Waals surface area contributed by atoms with Gasteiger partial charge in [0.2, 0.25) is 0 Å². The van der Waals surface area contributed by atoms with Crippen LogP contribution in [0.2, 0.25) is 0 Å². The van der Waals surface area contributed by atoms with Crippen molar-refractivity contribution in [1.29, 1.82) is 5.26 Å². The Hall–Kier alpha value is -1.92. The first-order valence-corrected chi connectivity index (χ1v) is 5.88. The molecule has 0 saturated carbocycles. The monoisotopic (exact) mass is 240 g/mol. The molecular formula is C14H12N2S. The van der Waals surface area contributed by atoms with Gasteiger partial charge in [0.25, 0.3) is 0 Å². The topological polar surface area (TPSA) is 39.6 Å². The van der Waals surface area contributed by atoms with Crippen molar-refractivity contribution in [1.82, 2.24) is 4.98 Å². The number of hydrogen-bond donors (Lipinski definition) is 1. The van der Waals surface area contributed by atoms with Crippen LogP contribution in [0.1, 0.15) is 18.2 Å². The first kappa shape index (κ1) is 11.6. The van der Waals surface area contributed by atoms with Gasteiger partial charge in [-0.25, -0.2) is 0 Å². The van der Waals surface area contributed by atoms with Gasteiger partial charge in [0.05, 0.1) is 5.56 Å². The Morgan fingerprint density at radius 3 is 2.59 bits per heavy atom. The summed E-state index contributed by atoms with van der Waals surface area (Å²) in [6.07, 6.45) is 0.870. The van der Waals surface area contributed by atoms with Crippen molar-refractivity contribution in [2.24, 2.45) is 0 Å². The lowest BCUT2D eigenvalue weighted by molar-refractivity contribution is 1.02. The third-order valence-electron chi connectivity index (χ3n) is 2.67. The van der Waals surface area contributed by atoms with Crippen molar-refractivity contribution < 1.29 is 0 Å². The lowest BCUT2D eigenvalue weighted by atomic mass is 10.0. The van der Waals surface area contributed by atoms with E-state index in [1.807, 2.05) is 36.4 Å². The zero-order valence-electron chi connectivity index (χ0n) is 9.53. The second-order valence-corrected chi connectivity index (χ2v) is 4.15. The maximum Gasteiger partial charge on any atom is 0.122 e. The Morgan fingerprint density at radius 1 is 1.29 bits per heavy atom. The highest BCUT2D eigenvalue weighted by Crippen LogP contribution is 2.24. The number of rotatable bonds is 2. The van der Waals surface area contributed by atoms with Crippen molar-refractivity contribution in [3.05, 3.63) is 52.3 Å². The lowest BCUT2D eigenvalue weighted by Gasteiger charge is -2.07. The summed E-state index contributed by atoms with van der Waals surface area (Å²) in [6, 6.07) is 14.0. The normalized spacial score (nSPS) is 9.88. The molecule has 0 aliphatic carbocycles. The summed E-state index contributed by atoms with van der Waals surface area (Å²) < 4.78 is 0.519. The maximum atomic E-state index is 9.19. The molecule has 84 valence electrons. The molecule has 0 aliphatic rings. The number of benzene rings is 1. The number of aromatic nitrogens is 1. The molecule has 1 N–H and O–H groups in total. The first-order valence-electron chi connectivity index (χ1n) is 5.48. The molecule has 1 heterocycles. The summed E-state index contributed by atoms with van der Waals surface area (Å²) in [5, 5.41) is 9.19. The summed E-state index contributed by atoms with van der Waals surface area (Å²) in [5.74, 6) is 0. The summed E-state index contributed by atoms with van der Waals surface area (Å²) in [4.78, 5) is 3.08. The number of H-pyrrole nitrogens is 1. The van der Waals surface area contributed by atoms with Gasteiger partial charge in [0.15, 0.2) is 0 Å². The smallest absolute Gasteiger partial charge is 0.122 e. The number of aryl methyl sites for hydroxylation is 1. The van der Waals surface area contributed by atoms with Crippen LogP contribution in [0.5, 0.6) is 0 Å². The van der Waals surface area contributed by atoms with Crippen molar-refractivity contribution in [2.75, 3.05) is 0 Å². The van der Waals surface area contributed by atoms with Gasteiger partial charge in [-0.2, -0.15) is 5.26 Å². The zero-order chi connectivity index (χ0) is 12.3. The minimum absolute atomic E-state index is 0.519. The lowest BCUT2D eigenvalue weighted by Crippen LogP contribution is -1.94. The summed E-state index contributed by atoms with van der Waals surface area (Å²) >= 11 is 5.21. The van der Waals surface area contributed by atoms with E-state index in [1.165, 1.54) is 0 Å². The van der Waals surface area contributed by atoms with E-state index in [0.717, 1.165) is 23.2 Å². The van der Waals surface area contributed by atoms with E-state index in [4.69, 9.17) is 12.2 Å². The maximum absolute atomic E-state index is 9.19. The third kappa shape index (κ3) is 2.27. The first-order chi connectivity index (χ1) is 8.26. The van der Waals surface area contributed by atoms with Crippen LogP contribution >= 0.6 is 12.2 Å². The number of nitriles is 1. The van der Waals surface area contributed by atoms with Crippen LogP contribution in [-0.4, -0.2) is 4.98 Å². The molecule has 0 bridgehead atoms. The van der Waals surface area contributed by atoms with Gasteiger partial charge >= 0.3 is 0 Å². The van der Waals surface area contributed by atoms with Crippen LogP contribution in [0.15, 0.2) is 36.4 Å². The van der Waals surface area contributed by atoms with E-state index in [0.29, 0.717) is 10.2 Å². The zero-order valence-corrected chi connectivity index (χ0v) is 10.3. The fourth-order valence-electron chi connectivity index (χ4n) is 1.76. The van der Waals surface area contributed by atoms with Gasteiger partial charge < -0.3 is 4.98 Å². The SMILES string of the molecule is CCc1cc(-c2ccccc2)c(C#N)c(=S)[nH]1. The predicted octanol–water partition coefficient (Wildman–Crippen LogP) is 3.85. The molecule has 0 fully saturated rings. The molecule has 2 aromatic rings.